The summed E-state index contributed by atoms with van der Waals surface area (Å²) >= 11 is 0. The molecule has 0 radical (unpaired) electrons. The largest absolute Gasteiger partial charge is 0.632 e. The molecule has 2 nitrogen and oxygen atoms in total. The van der Waals surface area contributed by atoms with Crippen LogP contribution in [0.5, 0.6) is 0 Å². The van der Waals surface area contributed by atoms with Crippen LogP contribution in [-0.4, -0.2) is 23.8 Å². The van der Waals surface area contributed by atoms with E-state index in [0.717, 1.165) is 0 Å². The second-order valence-electron chi connectivity index (χ2n) is 5.25. The molecule has 1 aromatic rings. The Morgan fingerprint density at radius 2 is 1.71 bits per heavy atom. The summed E-state index contributed by atoms with van der Waals surface area (Å²) in [5.41, 5.74) is -2.75. The number of benzene rings is 1. The quantitative estimate of drug-likeness (QED) is 0.335. The molecule has 2 aliphatic heterocycles. The van der Waals surface area contributed by atoms with Crippen molar-refractivity contribution >= 4 is 5.57 Å². The Labute approximate surface area is 115 Å². The summed E-state index contributed by atoms with van der Waals surface area (Å²) in [4.78, 5) is 0. The van der Waals surface area contributed by atoms with Crippen molar-refractivity contribution in [1.29, 1.82) is 0 Å². The van der Waals surface area contributed by atoms with Gasteiger partial charge in [0.25, 0.3) is 0 Å². The normalized spacial score (nSPS) is 28.3. The number of halogens is 6. The molecule has 2 unspecified atom stereocenters. The van der Waals surface area contributed by atoms with Crippen LogP contribution in [0.3, 0.4) is 0 Å². The molecule has 21 heavy (non-hydrogen) atoms. The molecule has 1 saturated heterocycles. The molecule has 8 heteroatoms. The van der Waals surface area contributed by atoms with Gasteiger partial charge in [-0.1, -0.05) is 0 Å². The maximum Gasteiger partial charge on any atom is 0.417 e. The van der Waals surface area contributed by atoms with Gasteiger partial charge in [-0.05, 0) is 29.8 Å². The molecule has 0 aromatic heterocycles. The summed E-state index contributed by atoms with van der Waals surface area (Å²) in [6.07, 6.45) is -8.19. The van der Waals surface area contributed by atoms with Crippen LogP contribution in [0.25, 0.3) is 5.57 Å². The molecule has 2 heterocycles. The van der Waals surface area contributed by atoms with Crippen molar-refractivity contribution in [3.05, 3.63) is 46.2 Å². The van der Waals surface area contributed by atoms with Crippen molar-refractivity contribution in [3.63, 3.8) is 0 Å². The number of rotatable bonds is 1. The van der Waals surface area contributed by atoms with Gasteiger partial charge in [0.15, 0.2) is 6.04 Å². The highest BCUT2D eigenvalue weighted by Crippen LogP contribution is 2.48. The van der Waals surface area contributed by atoms with E-state index in [0.29, 0.717) is 18.2 Å². The highest BCUT2D eigenvalue weighted by molar-refractivity contribution is 5.75. The van der Waals surface area contributed by atoms with Gasteiger partial charge in [-0.15, -0.1) is 0 Å². The smallest absolute Gasteiger partial charge is 0.417 e. The lowest BCUT2D eigenvalue weighted by Crippen LogP contribution is -2.16. The molecule has 1 aromatic carbocycles. The van der Waals surface area contributed by atoms with Crippen molar-refractivity contribution < 1.29 is 31.0 Å². The summed E-state index contributed by atoms with van der Waals surface area (Å²) in [7, 11) is 0. The molecule has 0 amide bonds. The Kier molecular flexibility index (Phi) is 2.75. The van der Waals surface area contributed by atoms with E-state index >= 15 is 0 Å². The van der Waals surface area contributed by atoms with Gasteiger partial charge in [0, 0.05) is 5.57 Å². The van der Waals surface area contributed by atoms with Crippen molar-refractivity contribution in [2.75, 3.05) is 13.1 Å². The molecular formula is C13H9F6NO. The number of fused-ring (bicyclic) bond motifs is 1. The molecule has 0 saturated carbocycles. The predicted molar refractivity (Wildman–Crippen MR) is 61.6 cm³/mol. The Morgan fingerprint density at radius 1 is 1.05 bits per heavy atom. The Hall–Kier alpha value is -1.54. The molecule has 0 spiro atoms. The highest BCUT2D eigenvalue weighted by atomic mass is 19.4. The maximum absolute atomic E-state index is 13.0. The molecule has 0 bridgehead atoms. The topological polar surface area (TPSA) is 23.1 Å². The van der Waals surface area contributed by atoms with Crippen LogP contribution >= 0.6 is 0 Å². The van der Waals surface area contributed by atoms with Crippen LogP contribution in [-0.2, 0) is 12.4 Å². The van der Waals surface area contributed by atoms with Gasteiger partial charge in [0.1, 0.15) is 6.54 Å². The third-order valence-electron chi connectivity index (χ3n) is 3.86. The molecule has 0 aliphatic carbocycles. The van der Waals surface area contributed by atoms with Gasteiger partial charge in [-0.3, -0.25) is 0 Å². The van der Waals surface area contributed by atoms with E-state index in [1.807, 2.05) is 0 Å². The SMILES string of the molecule is [O-][N+]12CC=C(c3cc(C(F)(F)F)ccc3C(F)(F)F)C1C2. The molecule has 114 valence electrons. The van der Waals surface area contributed by atoms with Crippen LogP contribution in [0.1, 0.15) is 16.7 Å². The summed E-state index contributed by atoms with van der Waals surface area (Å²) in [5, 5.41) is 11.8. The molecule has 0 N–H and O–H groups in total. The van der Waals surface area contributed by atoms with Gasteiger partial charge >= 0.3 is 12.4 Å². The van der Waals surface area contributed by atoms with Gasteiger partial charge in [0.05, 0.1) is 17.7 Å². The zero-order valence-corrected chi connectivity index (χ0v) is 10.4. The second-order valence-corrected chi connectivity index (χ2v) is 5.25. The van der Waals surface area contributed by atoms with Crippen LogP contribution in [0.15, 0.2) is 24.3 Å². The van der Waals surface area contributed by atoms with Gasteiger partial charge in [0.2, 0.25) is 0 Å². The number of hydroxylamine groups is 3. The first kappa shape index (κ1) is 14.4. The van der Waals surface area contributed by atoms with Gasteiger partial charge in [-0.25, -0.2) is 0 Å². The lowest BCUT2D eigenvalue weighted by Gasteiger charge is -2.18. The zero-order valence-electron chi connectivity index (χ0n) is 10.4. The fourth-order valence-electron chi connectivity index (χ4n) is 2.68. The lowest BCUT2D eigenvalue weighted by molar-refractivity contribution is -0.742. The molecule has 1 fully saturated rings. The van der Waals surface area contributed by atoms with Crippen molar-refractivity contribution in [2.45, 2.75) is 18.4 Å². The number of hydrogen-bond acceptors (Lipinski definition) is 1. The second kappa shape index (κ2) is 4.01. The van der Waals surface area contributed by atoms with Crippen LogP contribution in [0.2, 0.25) is 0 Å². The molecular weight excluding hydrogens is 300 g/mol. The fourth-order valence-corrected chi connectivity index (χ4v) is 2.68. The minimum atomic E-state index is -4.77. The van der Waals surface area contributed by atoms with E-state index in [1.54, 1.807) is 0 Å². The van der Waals surface area contributed by atoms with Gasteiger partial charge in [-0.2, -0.15) is 26.3 Å². The zero-order chi connectivity index (χ0) is 15.6. The monoisotopic (exact) mass is 309 g/mol. The summed E-state index contributed by atoms with van der Waals surface area (Å²) in [6.45, 7) is 0.132. The van der Waals surface area contributed by atoms with Crippen molar-refractivity contribution in [2.24, 2.45) is 0 Å². The summed E-state index contributed by atoms with van der Waals surface area (Å²) < 4.78 is 76.4. The summed E-state index contributed by atoms with van der Waals surface area (Å²) in [6, 6.07) is 0.658. The van der Waals surface area contributed by atoms with E-state index < -0.39 is 39.7 Å². The summed E-state index contributed by atoms with van der Waals surface area (Å²) in [5.74, 6) is 0. The van der Waals surface area contributed by atoms with Crippen LogP contribution in [0.4, 0.5) is 26.3 Å². The van der Waals surface area contributed by atoms with E-state index in [2.05, 4.69) is 0 Å². The molecule has 2 atom stereocenters. The average Bonchev–Trinajstić information content (AvgIpc) is 2.89. The van der Waals surface area contributed by atoms with E-state index in [-0.39, 0.29) is 18.7 Å². The minimum Gasteiger partial charge on any atom is -0.632 e. The van der Waals surface area contributed by atoms with E-state index in [9.17, 15) is 31.5 Å². The standard InChI is InChI=1S/C13H9F6NO/c14-12(15,16)7-1-2-10(13(17,18)19)9(5-7)8-3-4-20(21)6-11(8)20/h1-3,5,11H,4,6H2. The van der Waals surface area contributed by atoms with Crippen LogP contribution < -0.4 is 0 Å². The first-order chi connectivity index (χ1) is 9.52. The fraction of sp³-hybridized carbons (Fsp3) is 0.385. The Balaban J connectivity index is 2.12. The lowest BCUT2D eigenvalue weighted by atomic mass is 9.95. The Morgan fingerprint density at radius 3 is 2.14 bits per heavy atom. The van der Waals surface area contributed by atoms with Crippen molar-refractivity contribution in [3.8, 4) is 0 Å². The van der Waals surface area contributed by atoms with E-state index in [4.69, 9.17) is 0 Å². The Bertz CT molecular complexity index is 633. The highest BCUT2D eigenvalue weighted by Gasteiger charge is 2.55. The number of hydrogen-bond donors (Lipinski definition) is 0. The maximum atomic E-state index is 13.0. The van der Waals surface area contributed by atoms with Crippen LogP contribution in [0, 0.1) is 5.21 Å². The third-order valence-corrected chi connectivity index (χ3v) is 3.86. The predicted octanol–water partition coefficient (Wildman–Crippen LogP) is 3.82. The first-order valence-corrected chi connectivity index (χ1v) is 6.09. The number of nitrogens with zero attached hydrogens (tertiary/aromatic N) is 1. The minimum absolute atomic E-state index is 0.00748. The van der Waals surface area contributed by atoms with Gasteiger partial charge < -0.3 is 9.85 Å². The van der Waals surface area contributed by atoms with Crippen molar-refractivity contribution in [1.82, 2.24) is 0 Å². The average molecular weight is 309 g/mol. The van der Waals surface area contributed by atoms with E-state index in [1.165, 1.54) is 6.08 Å². The molecule has 3 rings (SSSR count). The number of alkyl halides is 6. The number of quaternary nitrogens is 1. The third kappa shape index (κ3) is 2.32. The molecule has 2 aliphatic rings. The first-order valence-electron chi connectivity index (χ1n) is 6.09.